The summed E-state index contributed by atoms with van der Waals surface area (Å²) in [4.78, 5) is 24.4. The van der Waals surface area contributed by atoms with Gasteiger partial charge < -0.3 is 4.42 Å². The molecule has 3 heterocycles. The lowest BCUT2D eigenvalue weighted by atomic mass is 10.4. The Bertz CT molecular complexity index is 776. The van der Waals surface area contributed by atoms with E-state index < -0.39 is 0 Å². The third-order valence-corrected chi connectivity index (χ3v) is 3.49. The van der Waals surface area contributed by atoms with Crippen LogP contribution < -0.4 is 5.32 Å². The molecule has 0 aliphatic carbocycles. The predicted molar refractivity (Wildman–Crippen MR) is 79.3 cm³/mol. The number of rotatable bonds is 3. The number of anilines is 1. The summed E-state index contributed by atoms with van der Waals surface area (Å²) in [7, 11) is 0. The van der Waals surface area contributed by atoms with Crippen LogP contribution in [0.2, 0.25) is 0 Å². The average Bonchev–Trinajstić information content (AvgIpc) is 3.08. The number of aromatic nitrogens is 3. The van der Waals surface area contributed by atoms with Crippen molar-refractivity contribution in [3.8, 4) is 11.5 Å². The molecular weight excluding hydrogens is 288 g/mol. The van der Waals surface area contributed by atoms with Gasteiger partial charge in [0.05, 0.1) is 11.9 Å². The normalized spacial score (nSPS) is 10.6. The van der Waals surface area contributed by atoms with Gasteiger partial charge in [0.15, 0.2) is 10.9 Å². The predicted octanol–water partition coefficient (Wildman–Crippen LogP) is 3.06. The van der Waals surface area contributed by atoms with Crippen LogP contribution in [0.5, 0.6) is 0 Å². The highest BCUT2D eigenvalue weighted by Crippen LogP contribution is 2.26. The molecule has 0 aliphatic rings. The second kappa shape index (κ2) is 5.45. The van der Waals surface area contributed by atoms with Gasteiger partial charge in [0.2, 0.25) is 0 Å². The maximum absolute atomic E-state index is 12.0. The average molecular weight is 300 g/mol. The Morgan fingerprint density at radius 3 is 2.76 bits per heavy atom. The quantitative estimate of drug-likeness (QED) is 0.804. The Morgan fingerprint density at radius 1 is 1.24 bits per heavy atom. The highest BCUT2D eigenvalue weighted by atomic mass is 32.1. The van der Waals surface area contributed by atoms with Gasteiger partial charge in [-0.25, -0.2) is 9.97 Å². The summed E-state index contributed by atoms with van der Waals surface area (Å²) < 4.78 is 5.49. The molecule has 106 valence electrons. The molecule has 0 saturated carbocycles. The van der Waals surface area contributed by atoms with Crippen LogP contribution in [-0.4, -0.2) is 20.9 Å². The summed E-state index contributed by atoms with van der Waals surface area (Å²) >= 11 is 1.33. The maximum atomic E-state index is 12.0. The van der Waals surface area contributed by atoms with Crippen molar-refractivity contribution in [2.45, 2.75) is 13.8 Å². The van der Waals surface area contributed by atoms with Crippen LogP contribution >= 0.6 is 11.3 Å². The molecule has 21 heavy (non-hydrogen) atoms. The molecule has 1 N–H and O–H groups in total. The van der Waals surface area contributed by atoms with Gasteiger partial charge in [-0.15, -0.1) is 11.3 Å². The van der Waals surface area contributed by atoms with E-state index in [9.17, 15) is 4.79 Å². The number of nitrogens with one attached hydrogen (secondary N) is 1. The topological polar surface area (TPSA) is 80.9 Å². The van der Waals surface area contributed by atoms with Crippen molar-refractivity contribution in [2.24, 2.45) is 0 Å². The first kappa shape index (κ1) is 13.4. The van der Waals surface area contributed by atoms with Crippen LogP contribution in [-0.2, 0) is 0 Å². The van der Waals surface area contributed by atoms with Gasteiger partial charge in [-0.1, -0.05) is 0 Å². The standard InChI is InChI=1S/C14H12N4O2S/c1-8-5-16-10(6-15-8)13(19)18-14-17-11(7-21-14)12-4-3-9(2)20-12/h3-7H,1-2H3,(H,17,18,19). The van der Waals surface area contributed by atoms with E-state index in [1.165, 1.54) is 17.5 Å². The number of aryl methyl sites for hydroxylation is 2. The van der Waals surface area contributed by atoms with E-state index in [4.69, 9.17) is 4.42 Å². The molecule has 3 aromatic heterocycles. The third-order valence-electron chi connectivity index (χ3n) is 2.73. The van der Waals surface area contributed by atoms with E-state index in [1.807, 2.05) is 31.4 Å². The molecule has 6 nitrogen and oxygen atoms in total. The van der Waals surface area contributed by atoms with E-state index in [2.05, 4.69) is 20.3 Å². The first-order chi connectivity index (χ1) is 10.1. The van der Waals surface area contributed by atoms with Gasteiger partial charge in [0, 0.05) is 11.6 Å². The summed E-state index contributed by atoms with van der Waals surface area (Å²) in [6, 6.07) is 3.72. The summed E-state index contributed by atoms with van der Waals surface area (Å²) in [6.07, 6.45) is 2.99. The van der Waals surface area contributed by atoms with Gasteiger partial charge in [0.1, 0.15) is 17.1 Å². The van der Waals surface area contributed by atoms with Gasteiger partial charge in [-0.05, 0) is 26.0 Å². The van der Waals surface area contributed by atoms with Gasteiger partial charge in [-0.3, -0.25) is 15.1 Å². The van der Waals surface area contributed by atoms with Crippen molar-refractivity contribution in [2.75, 3.05) is 5.32 Å². The van der Waals surface area contributed by atoms with E-state index >= 15 is 0 Å². The Kier molecular flexibility index (Phi) is 3.49. The van der Waals surface area contributed by atoms with Crippen molar-refractivity contribution in [3.05, 3.63) is 47.1 Å². The molecule has 0 spiro atoms. The van der Waals surface area contributed by atoms with Crippen LogP contribution in [0.1, 0.15) is 21.9 Å². The maximum Gasteiger partial charge on any atom is 0.277 e. The second-order valence-corrected chi connectivity index (χ2v) is 5.30. The number of hydrogen-bond acceptors (Lipinski definition) is 6. The molecule has 3 rings (SSSR count). The largest absolute Gasteiger partial charge is 0.460 e. The molecule has 0 bridgehead atoms. The summed E-state index contributed by atoms with van der Waals surface area (Å²) in [5.41, 5.74) is 1.71. The zero-order chi connectivity index (χ0) is 14.8. The molecule has 3 aromatic rings. The Hall–Kier alpha value is -2.54. The fourth-order valence-corrected chi connectivity index (χ4v) is 2.38. The molecule has 0 fully saturated rings. The molecule has 0 aromatic carbocycles. The molecule has 7 heteroatoms. The Labute approximate surface area is 124 Å². The summed E-state index contributed by atoms with van der Waals surface area (Å²) in [5, 5.41) is 5.02. The van der Waals surface area contributed by atoms with Gasteiger partial charge in [-0.2, -0.15) is 0 Å². The SMILES string of the molecule is Cc1cnc(C(=O)Nc2nc(-c3ccc(C)o3)cs2)cn1. The van der Waals surface area contributed by atoms with Crippen LogP contribution in [0.3, 0.4) is 0 Å². The van der Waals surface area contributed by atoms with Crippen LogP contribution in [0.15, 0.2) is 34.3 Å². The van der Waals surface area contributed by atoms with Crippen molar-refractivity contribution in [1.29, 1.82) is 0 Å². The van der Waals surface area contributed by atoms with Crippen molar-refractivity contribution in [1.82, 2.24) is 15.0 Å². The molecular formula is C14H12N4O2S. The smallest absolute Gasteiger partial charge is 0.277 e. The first-order valence-corrected chi connectivity index (χ1v) is 7.12. The lowest BCUT2D eigenvalue weighted by Gasteiger charge is -2.00. The molecule has 0 atom stereocenters. The fourth-order valence-electron chi connectivity index (χ4n) is 1.69. The van der Waals surface area contributed by atoms with E-state index in [0.717, 1.165) is 11.5 Å². The molecule has 0 aliphatic heterocycles. The minimum Gasteiger partial charge on any atom is -0.460 e. The number of furan rings is 1. The zero-order valence-electron chi connectivity index (χ0n) is 11.5. The zero-order valence-corrected chi connectivity index (χ0v) is 12.3. The molecule has 0 unspecified atom stereocenters. The highest BCUT2D eigenvalue weighted by molar-refractivity contribution is 7.14. The summed E-state index contributed by atoms with van der Waals surface area (Å²) in [6.45, 7) is 3.68. The van der Waals surface area contributed by atoms with Crippen LogP contribution in [0.4, 0.5) is 5.13 Å². The minimum atomic E-state index is -0.334. The van der Waals surface area contributed by atoms with Crippen molar-refractivity contribution >= 4 is 22.4 Å². The molecule has 0 radical (unpaired) electrons. The number of carbonyl (C=O) groups excluding carboxylic acids is 1. The monoisotopic (exact) mass is 300 g/mol. The second-order valence-electron chi connectivity index (χ2n) is 4.45. The van der Waals surface area contributed by atoms with E-state index in [0.29, 0.717) is 16.6 Å². The van der Waals surface area contributed by atoms with E-state index in [-0.39, 0.29) is 11.6 Å². The Morgan fingerprint density at radius 2 is 2.10 bits per heavy atom. The number of hydrogen-bond donors (Lipinski definition) is 1. The van der Waals surface area contributed by atoms with Gasteiger partial charge in [0.25, 0.3) is 5.91 Å². The van der Waals surface area contributed by atoms with Gasteiger partial charge >= 0.3 is 0 Å². The van der Waals surface area contributed by atoms with Crippen LogP contribution in [0.25, 0.3) is 11.5 Å². The lowest BCUT2D eigenvalue weighted by molar-refractivity contribution is 0.102. The fraction of sp³-hybridized carbons (Fsp3) is 0.143. The van der Waals surface area contributed by atoms with Crippen molar-refractivity contribution < 1.29 is 9.21 Å². The number of carbonyl (C=O) groups is 1. The third kappa shape index (κ3) is 2.97. The lowest BCUT2D eigenvalue weighted by Crippen LogP contribution is -2.13. The number of amides is 1. The Balaban J connectivity index is 1.75. The van der Waals surface area contributed by atoms with Crippen molar-refractivity contribution in [3.63, 3.8) is 0 Å². The van der Waals surface area contributed by atoms with E-state index in [1.54, 1.807) is 6.20 Å². The molecule has 0 saturated heterocycles. The minimum absolute atomic E-state index is 0.256. The van der Waals surface area contributed by atoms with Crippen LogP contribution in [0, 0.1) is 13.8 Å². The number of nitrogens with zero attached hydrogens (tertiary/aromatic N) is 3. The highest BCUT2D eigenvalue weighted by Gasteiger charge is 2.12. The number of thiazole rings is 1. The summed E-state index contributed by atoms with van der Waals surface area (Å²) in [5.74, 6) is 1.16. The molecule has 1 amide bonds. The first-order valence-electron chi connectivity index (χ1n) is 6.24.